The highest BCUT2D eigenvalue weighted by Crippen LogP contribution is 2.25. The molecule has 0 saturated heterocycles. The minimum Gasteiger partial charge on any atom is -0.206 e. The number of hydrogen-bond acceptors (Lipinski definition) is 1. The van der Waals surface area contributed by atoms with E-state index in [0.717, 1.165) is 5.56 Å². The van der Waals surface area contributed by atoms with Crippen LogP contribution in [0.5, 0.6) is 0 Å². The van der Waals surface area contributed by atoms with Crippen LogP contribution >= 0.6 is 11.6 Å². The van der Waals surface area contributed by atoms with E-state index < -0.39 is 0 Å². The van der Waals surface area contributed by atoms with Gasteiger partial charge in [0.25, 0.3) is 0 Å². The fourth-order valence-corrected chi connectivity index (χ4v) is 1.75. The van der Waals surface area contributed by atoms with Crippen molar-refractivity contribution in [1.29, 1.82) is 5.26 Å². The maximum atomic E-state index is 13.8. The Morgan fingerprint density at radius 3 is 2.41 bits per heavy atom. The van der Waals surface area contributed by atoms with E-state index in [0.29, 0.717) is 16.1 Å². The molecule has 0 N–H and O–H groups in total. The van der Waals surface area contributed by atoms with Gasteiger partial charge in [0.05, 0.1) is 12.5 Å². The van der Waals surface area contributed by atoms with Crippen molar-refractivity contribution >= 4 is 11.6 Å². The number of benzene rings is 2. The fraction of sp³-hybridized carbons (Fsp3) is 0.0714. The molecule has 84 valence electrons. The smallest absolute Gasteiger partial charge is 0.131 e. The molecule has 0 fully saturated rings. The average Bonchev–Trinajstić information content (AvgIpc) is 2.31. The van der Waals surface area contributed by atoms with Crippen molar-refractivity contribution in [2.24, 2.45) is 0 Å². The fourth-order valence-electron chi connectivity index (χ4n) is 1.62. The van der Waals surface area contributed by atoms with Crippen molar-refractivity contribution in [3.8, 4) is 17.2 Å². The SMILES string of the molecule is N#CCc1ccc(-c2ccc(Cl)cc2)c(F)c1. The van der Waals surface area contributed by atoms with Crippen LogP contribution in [0.25, 0.3) is 11.1 Å². The summed E-state index contributed by atoms with van der Waals surface area (Å²) in [4.78, 5) is 0. The largest absolute Gasteiger partial charge is 0.206 e. The molecule has 3 heteroatoms. The molecule has 1 nitrogen and oxygen atoms in total. The van der Waals surface area contributed by atoms with Gasteiger partial charge >= 0.3 is 0 Å². The summed E-state index contributed by atoms with van der Waals surface area (Å²) < 4.78 is 13.8. The molecule has 0 aliphatic heterocycles. The number of halogens is 2. The molecule has 2 aromatic carbocycles. The molecule has 0 heterocycles. The summed E-state index contributed by atoms with van der Waals surface area (Å²) in [7, 11) is 0. The molecule has 0 aromatic heterocycles. The van der Waals surface area contributed by atoms with Crippen LogP contribution in [0.1, 0.15) is 5.56 Å². The molecule has 0 bridgehead atoms. The van der Waals surface area contributed by atoms with Gasteiger partial charge in [-0.05, 0) is 29.3 Å². The van der Waals surface area contributed by atoms with Crippen molar-refractivity contribution in [3.63, 3.8) is 0 Å². The van der Waals surface area contributed by atoms with Gasteiger partial charge in [-0.3, -0.25) is 0 Å². The lowest BCUT2D eigenvalue weighted by Crippen LogP contribution is -1.88. The van der Waals surface area contributed by atoms with Crippen LogP contribution < -0.4 is 0 Å². The summed E-state index contributed by atoms with van der Waals surface area (Å²) in [5.41, 5.74) is 1.97. The quantitative estimate of drug-likeness (QED) is 0.777. The number of nitriles is 1. The van der Waals surface area contributed by atoms with Crippen molar-refractivity contribution in [2.45, 2.75) is 6.42 Å². The summed E-state index contributed by atoms with van der Waals surface area (Å²) >= 11 is 5.78. The highest BCUT2D eigenvalue weighted by atomic mass is 35.5. The van der Waals surface area contributed by atoms with Crippen LogP contribution in [0.3, 0.4) is 0 Å². The zero-order valence-corrected chi connectivity index (χ0v) is 9.71. The maximum Gasteiger partial charge on any atom is 0.131 e. The summed E-state index contributed by atoms with van der Waals surface area (Å²) in [5, 5.41) is 9.16. The summed E-state index contributed by atoms with van der Waals surface area (Å²) in [5.74, 6) is -0.319. The predicted octanol–water partition coefficient (Wildman–Crippen LogP) is 4.21. The zero-order chi connectivity index (χ0) is 12.3. The third-order valence-electron chi connectivity index (χ3n) is 2.47. The van der Waals surface area contributed by atoms with Crippen LogP contribution in [0.15, 0.2) is 42.5 Å². The summed E-state index contributed by atoms with van der Waals surface area (Å²) in [6.07, 6.45) is 0.220. The molecular weight excluding hydrogens is 237 g/mol. The monoisotopic (exact) mass is 245 g/mol. The van der Waals surface area contributed by atoms with E-state index in [9.17, 15) is 4.39 Å². The van der Waals surface area contributed by atoms with Crippen LogP contribution in [0.2, 0.25) is 5.02 Å². The Labute approximate surface area is 104 Å². The Kier molecular flexibility index (Phi) is 3.41. The Hall–Kier alpha value is -1.85. The molecule has 0 unspecified atom stereocenters. The van der Waals surface area contributed by atoms with E-state index in [1.807, 2.05) is 6.07 Å². The topological polar surface area (TPSA) is 23.8 Å². The molecule has 0 saturated carbocycles. The second kappa shape index (κ2) is 4.99. The average molecular weight is 246 g/mol. The molecule has 2 rings (SSSR count). The van der Waals surface area contributed by atoms with Crippen LogP contribution in [-0.2, 0) is 6.42 Å². The molecule has 0 spiro atoms. The molecule has 0 aliphatic carbocycles. The normalized spacial score (nSPS) is 9.94. The zero-order valence-electron chi connectivity index (χ0n) is 8.95. The van der Waals surface area contributed by atoms with E-state index in [1.165, 1.54) is 6.07 Å². The second-order valence-electron chi connectivity index (χ2n) is 3.66. The molecule has 0 amide bonds. The van der Waals surface area contributed by atoms with Gasteiger partial charge in [0.15, 0.2) is 0 Å². The third-order valence-corrected chi connectivity index (χ3v) is 2.72. The minimum atomic E-state index is -0.319. The summed E-state index contributed by atoms with van der Waals surface area (Å²) in [6.45, 7) is 0. The molecule has 0 aliphatic rings. The van der Waals surface area contributed by atoms with Gasteiger partial charge in [-0.1, -0.05) is 35.9 Å². The van der Waals surface area contributed by atoms with Crippen molar-refractivity contribution in [3.05, 3.63) is 58.9 Å². The van der Waals surface area contributed by atoms with Gasteiger partial charge < -0.3 is 0 Å². The standard InChI is InChI=1S/C14H9ClFN/c15-12-4-2-11(3-5-12)13-6-1-10(7-8-17)9-14(13)16/h1-6,9H,7H2. The van der Waals surface area contributed by atoms with E-state index >= 15 is 0 Å². The number of nitrogens with zero attached hydrogens (tertiary/aromatic N) is 1. The van der Waals surface area contributed by atoms with E-state index in [4.69, 9.17) is 16.9 Å². The second-order valence-corrected chi connectivity index (χ2v) is 4.09. The van der Waals surface area contributed by atoms with E-state index in [2.05, 4.69) is 0 Å². The maximum absolute atomic E-state index is 13.8. The molecule has 17 heavy (non-hydrogen) atoms. The van der Waals surface area contributed by atoms with Crippen molar-refractivity contribution in [1.82, 2.24) is 0 Å². The van der Waals surface area contributed by atoms with Crippen LogP contribution in [0.4, 0.5) is 4.39 Å². The first-order valence-corrected chi connectivity index (χ1v) is 5.50. The predicted molar refractivity (Wildman–Crippen MR) is 66.2 cm³/mol. The lowest BCUT2D eigenvalue weighted by atomic mass is 10.0. The van der Waals surface area contributed by atoms with Crippen molar-refractivity contribution < 1.29 is 4.39 Å². The summed E-state index contributed by atoms with van der Waals surface area (Å²) in [6, 6.07) is 13.8. The minimum absolute atomic E-state index is 0.220. The third kappa shape index (κ3) is 2.64. The Bertz CT molecular complexity index is 570. The van der Waals surface area contributed by atoms with Crippen LogP contribution in [-0.4, -0.2) is 0 Å². The molecular formula is C14H9ClFN. The van der Waals surface area contributed by atoms with Crippen LogP contribution in [0, 0.1) is 17.1 Å². The van der Waals surface area contributed by atoms with Gasteiger partial charge in [0.1, 0.15) is 5.82 Å². The highest BCUT2D eigenvalue weighted by molar-refractivity contribution is 6.30. The van der Waals surface area contributed by atoms with Gasteiger partial charge in [-0.15, -0.1) is 0 Å². The lowest BCUT2D eigenvalue weighted by Gasteiger charge is -2.05. The molecule has 2 aromatic rings. The van der Waals surface area contributed by atoms with E-state index in [-0.39, 0.29) is 12.2 Å². The van der Waals surface area contributed by atoms with Gasteiger partial charge in [0.2, 0.25) is 0 Å². The molecule has 0 atom stereocenters. The van der Waals surface area contributed by atoms with Crippen molar-refractivity contribution in [2.75, 3.05) is 0 Å². The first kappa shape index (κ1) is 11.6. The first-order valence-electron chi connectivity index (χ1n) is 5.12. The van der Waals surface area contributed by atoms with Gasteiger partial charge in [-0.25, -0.2) is 4.39 Å². The Morgan fingerprint density at radius 1 is 1.12 bits per heavy atom. The van der Waals surface area contributed by atoms with Gasteiger partial charge in [-0.2, -0.15) is 5.26 Å². The van der Waals surface area contributed by atoms with Gasteiger partial charge in [0, 0.05) is 10.6 Å². The number of rotatable bonds is 2. The highest BCUT2D eigenvalue weighted by Gasteiger charge is 2.05. The first-order chi connectivity index (χ1) is 8.20. The Morgan fingerprint density at radius 2 is 1.82 bits per heavy atom. The Balaban J connectivity index is 2.40. The lowest BCUT2D eigenvalue weighted by molar-refractivity contribution is 0.629. The molecule has 0 radical (unpaired) electrons. The number of hydrogen-bond donors (Lipinski definition) is 0. The van der Waals surface area contributed by atoms with E-state index in [1.54, 1.807) is 36.4 Å².